The number of fused-ring (bicyclic) bond motifs is 1. The topological polar surface area (TPSA) is 38.3 Å². The van der Waals surface area contributed by atoms with Gasteiger partial charge in [0.1, 0.15) is 0 Å². The third kappa shape index (κ3) is 5.24. The molecule has 0 saturated carbocycles. The van der Waals surface area contributed by atoms with Crippen molar-refractivity contribution in [3.8, 4) is 11.1 Å². The summed E-state index contributed by atoms with van der Waals surface area (Å²) in [5.74, 6) is -0.0358. The molecule has 4 aromatic rings. The van der Waals surface area contributed by atoms with Gasteiger partial charge in [0.25, 0.3) is 0 Å². The van der Waals surface area contributed by atoms with Gasteiger partial charge >= 0.3 is 5.97 Å². The number of ether oxygens (including phenoxy) is 1. The zero-order valence-corrected chi connectivity index (χ0v) is 18.6. The van der Waals surface area contributed by atoms with Crippen LogP contribution in [-0.2, 0) is 16.0 Å². The Hall–Kier alpha value is -3.43. The lowest BCUT2D eigenvalue weighted by atomic mass is 9.85. The van der Waals surface area contributed by atoms with Crippen molar-refractivity contribution in [2.24, 2.45) is 0 Å². The normalized spacial score (nSPS) is 12.9. The molecular weight excluding hydrogens is 394 g/mol. The maximum Gasteiger partial charge on any atom is 0.319 e. The van der Waals surface area contributed by atoms with Crippen molar-refractivity contribution in [3.63, 3.8) is 0 Å². The molecule has 0 aliphatic rings. The van der Waals surface area contributed by atoms with Crippen LogP contribution in [0.25, 0.3) is 21.9 Å². The summed E-state index contributed by atoms with van der Waals surface area (Å²) in [4.78, 5) is 11.7. The average Bonchev–Trinajstić information content (AvgIpc) is 2.86. The van der Waals surface area contributed by atoms with E-state index < -0.39 is 0 Å². The number of methoxy groups -OCH3 is 1. The van der Waals surface area contributed by atoms with Crippen LogP contribution < -0.4 is 5.32 Å². The fraction of sp³-hybridized carbons (Fsp3) is 0.207. The first kappa shape index (κ1) is 21.8. The predicted molar refractivity (Wildman–Crippen MR) is 132 cm³/mol. The first-order valence-corrected chi connectivity index (χ1v) is 11.1. The van der Waals surface area contributed by atoms with Crippen LogP contribution in [0.1, 0.15) is 24.0 Å². The molecule has 3 heteroatoms. The van der Waals surface area contributed by atoms with Crippen LogP contribution in [0.3, 0.4) is 0 Å². The fourth-order valence-corrected chi connectivity index (χ4v) is 4.22. The van der Waals surface area contributed by atoms with E-state index in [2.05, 4.69) is 103 Å². The average molecular weight is 424 g/mol. The largest absolute Gasteiger partial charge is 0.468 e. The molecule has 3 nitrogen and oxygen atoms in total. The zero-order chi connectivity index (χ0) is 22.3. The predicted octanol–water partition coefficient (Wildman–Crippen LogP) is 5.98. The Balaban J connectivity index is 1.61. The van der Waals surface area contributed by atoms with E-state index in [1.807, 2.05) is 6.07 Å². The number of benzene rings is 4. The van der Waals surface area contributed by atoms with Gasteiger partial charge in [-0.15, -0.1) is 0 Å². The minimum atomic E-state index is -0.249. The molecule has 2 atom stereocenters. The van der Waals surface area contributed by atoms with Gasteiger partial charge in [-0.1, -0.05) is 97.1 Å². The van der Waals surface area contributed by atoms with Gasteiger partial charge in [0, 0.05) is 12.0 Å². The van der Waals surface area contributed by atoms with Crippen molar-refractivity contribution >= 4 is 16.7 Å². The molecule has 1 N–H and O–H groups in total. The number of hydrogen-bond acceptors (Lipinski definition) is 3. The van der Waals surface area contributed by atoms with Crippen LogP contribution in [0.4, 0.5) is 0 Å². The summed E-state index contributed by atoms with van der Waals surface area (Å²) in [5.41, 5.74) is 4.95. The van der Waals surface area contributed by atoms with Crippen LogP contribution in [0.2, 0.25) is 0 Å². The second kappa shape index (κ2) is 10.3. The highest BCUT2D eigenvalue weighted by Gasteiger charge is 2.21. The summed E-state index contributed by atoms with van der Waals surface area (Å²) in [6.45, 7) is 2.34. The summed E-state index contributed by atoms with van der Waals surface area (Å²) in [6, 6.07) is 34.4. The molecule has 4 aromatic carbocycles. The SMILES string of the molecule is COC(=O)CNC(C)C(Cc1ccc2ccccc2c1)c1ccc(-c2ccccc2)cc1. The van der Waals surface area contributed by atoms with Crippen molar-refractivity contribution in [3.05, 3.63) is 108 Å². The fourth-order valence-electron chi connectivity index (χ4n) is 4.22. The smallest absolute Gasteiger partial charge is 0.319 e. The molecule has 0 heterocycles. The molecule has 162 valence electrons. The van der Waals surface area contributed by atoms with Gasteiger partial charge in [-0.25, -0.2) is 0 Å². The molecule has 0 aliphatic heterocycles. The Morgan fingerprint density at radius 3 is 2.19 bits per heavy atom. The Kier molecular flexibility index (Phi) is 6.98. The van der Waals surface area contributed by atoms with Crippen LogP contribution in [0, 0.1) is 0 Å². The van der Waals surface area contributed by atoms with E-state index in [0.717, 1.165) is 6.42 Å². The summed E-state index contributed by atoms with van der Waals surface area (Å²) in [6.07, 6.45) is 0.880. The van der Waals surface area contributed by atoms with Crippen molar-refractivity contribution in [1.82, 2.24) is 5.32 Å². The number of carbonyl (C=O) groups excluding carboxylic acids is 1. The molecule has 0 radical (unpaired) electrons. The maximum atomic E-state index is 11.7. The number of hydrogen-bond donors (Lipinski definition) is 1. The van der Waals surface area contributed by atoms with Crippen LogP contribution >= 0.6 is 0 Å². The number of rotatable bonds is 8. The molecule has 0 fully saturated rings. The van der Waals surface area contributed by atoms with Gasteiger partial charge in [-0.05, 0) is 46.4 Å². The molecule has 4 rings (SSSR count). The summed E-state index contributed by atoms with van der Waals surface area (Å²) >= 11 is 0. The van der Waals surface area contributed by atoms with Crippen molar-refractivity contribution in [2.45, 2.75) is 25.3 Å². The first-order valence-electron chi connectivity index (χ1n) is 11.1. The minimum Gasteiger partial charge on any atom is -0.468 e. The standard InChI is InChI=1S/C29H29NO2/c1-21(30-20-29(31)32-2)28(19-22-12-13-24-10-6-7-11-27(24)18-22)26-16-14-25(15-17-26)23-8-4-3-5-9-23/h3-18,21,28,30H,19-20H2,1-2H3. The van der Waals surface area contributed by atoms with Gasteiger partial charge in [-0.2, -0.15) is 0 Å². The number of nitrogens with one attached hydrogen (secondary N) is 1. The van der Waals surface area contributed by atoms with E-state index in [1.165, 1.54) is 40.1 Å². The zero-order valence-electron chi connectivity index (χ0n) is 18.6. The quantitative estimate of drug-likeness (QED) is 0.354. The van der Waals surface area contributed by atoms with Gasteiger partial charge < -0.3 is 10.1 Å². The Morgan fingerprint density at radius 2 is 1.47 bits per heavy atom. The van der Waals surface area contributed by atoms with Gasteiger partial charge in [0.15, 0.2) is 0 Å². The van der Waals surface area contributed by atoms with Crippen molar-refractivity contribution in [2.75, 3.05) is 13.7 Å². The van der Waals surface area contributed by atoms with E-state index in [9.17, 15) is 4.79 Å². The molecule has 2 unspecified atom stereocenters. The van der Waals surface area contributed by atoms with E-state index >= 15 is 0 Å². The molecule has 32 heavy (non-hydrogen) atoms. The third-order valence-electron chi connectivity index (χ3n) is 6.12. The lowest BCUT2D eigenvalue weighted by Gasteiger charge is -2.26. The second-order valence-electron chi connectivity index (χ2n) is 8.23. The van der Waals surface area contributed by atoms with Gasteiger partial charge in [0.05, 0.1) is 13.7 Å². The van der Waals surface area contributed by atoms with E-state index in [4.69, 9.17) is 4.74 Å². The Labute approximate surface area is 190 Å². The van der Waals surface area contributed by atoms with Crippen molar-refractivity contribution in [1.29, 1.82) is 0 Å². The highest BCUT2D eigenvalue weighted by Crippen LogP contribution is 2.29. The summed E-state index contributed by atoms with van der Waals surface area (Å²) in [7, 11) is 1.42. The number of carbonyl (C=O) groups is 1. The van der Waals surface area contributed by atoms with E-state index in [-0.39, 0.29) is 24.5 Å². The lowest BCUT2D eigenvalue weighted by molar-refractivity contribution is -0.139. The molecule has 0 saturated heterocycles. The highest BCUT2D eigenvalue weighted by molar-refractivity contribution is 5.83. The molecule has 0 spiro atoms. The van der Waals surface area contributed by atoms with E-state index in [1.54, 1.807) is 0 Å². The summed E-state index contributed by atoms with van der Waals surface area (Å²) < 4.78 is 4.82. The molecule has 0 amide bonds. The van der Waals surface area contributed by atoms with Crippen LogP contribution in [0.5, 0.6) is 0 Å². The minimum absolute atomic E-state index is 0.100. The molecular formula is C29H29NO2. The Morgan fingerprint density at radius 1 is 0.812 bits per heavy atom. The Bertz CT molecular complexity index is 1170. The van der Waals surface area contributed by atoms with Crippen LogP contribution in [0.15, 0.2) is 97.1 Å². The lowest BCUT2D eigenvalue weighted by Crippen LogP contribution is -2.37. The summed E-state index contributed by atoms with van der Waals surface area (Å²) in [5, 5.41) is 5.86. The molecule has 0 aliphatic carbocycles. The van der Waals surface area contributed by atoms with Crippen LogP contribution in [-0.4, -0.2) is 25.7 Å². The van der Waals surface area contributed by atoms with Gasteiger partial charge in [0.2, 0.25) is 0 Å². The van der Waals surface area contributed by atoms with E-state index in [0.29, 0.717) is 0 Å². The third-order valence-corrected chi connectivity index (χ3v) is 6.12. The number of esters is 1. The first-order chi connectivity index (χ1) is 15.6. The highest BCUT2D eigenvalue weighted by atomic mass is 16.5. The van der Waals surface area contributed by atoms with Crippen molar-refractivity contribution < 1.29 is 9.53 Å². The molecule has 0 bridgehead atoms. The molecule has 0 aromatic heterocycles. The second-order valence-corrected chi connectivity index (χ2v) is 8.23. The van der Waals surface area contributed by atoms with Gasteiger partial charge in [-0.3, -0.25) is 4.79 Å². The maximum absolute atomic E-state index is 11.7. The monoisotopic (exact) mass is 423 g/mol.